The Bertz CT molecular complexity index is 953. The largest absolute Gasteiger partial charge is 0.504 e. The van der Waals surface area contributed by atoms with Crippen molar-refractivity contribution in [3.63, 3.8) is 0 Å². The van der Waals surface area contributed by atoms with Gasteiger partial charge in [0.15, 0.2) is 11.9 Å². The highest BCUT2D eigenvalue weighted by Crippen LogP contribution is 2.45. The van der Waals surface area contributed by atoms with Gasteiger partial charge in [0.2, 0.25) is 5.75 Å². The molecule has 0 aliphatic rings. The fraction of sp³-hybridized carbons (Fsp3) is 0.294. The first-order chi connectivity index (χ1) is 13.5. The first-order valence-corrected chi connectivity index (χ1v) is 8.50. The van der Waals surface area contributed by atoms with Gasteiger partial charge >= 0.3 is 11.9 Å². The maximum absolute atomic E-state index is 12.8. The summed E-state index contributed by atoms with van der Waals surface area (Å²) in [4.78, 5) is 25.9. The number of carbonyl (C=O) groups is 1. The number of rotatable bonds is 6. The lowest BCUT2D eigenvalue weighted by Crippen LogP contribution is -2.35. The van der Waals surface area contributed by atoms with Crippen molar-refractivity contribution in [2.45, 2.75) is 25.6 Å². The van der Waals surface area contributed by atoms with Gasteiger partial charge in [-0.15, -0.1) is 0 Å². The van der Waals surface area contributed by atoms with Crippen molar-refractivity contribution in [3.05, 3.63) is 45.1 Å². The van der Waals surface area contributed by atoms with E-state index in [1.165, 1.54) is 7.05 Å². The van der Waals surface area contributed by atoms with E-state index in [9.17, 15) is 33.2 Å². The quantitative estimate of drug-likeness (QED) is 0.526. The first kappa shape index (κ1) is 22.2. The number of nitrogens with one attached hydrogen (secondary N) is 1. The van der Waals surface area contributed by atoms with Crippen molar-refractivity contribution in [3.8, 4) is 22.8 Å². The van der Waals surface area contributed by atoms with Gasteiger partial charge in [0.1, 0.15) is 0 Å². The zero-order valence-corrected chi connectivity index (χ0v) is 15.8. The van der Waals surface area contributed by atoms with E-state index in [0.29, 0.717) is 12.3 Å². The Hall–Kier alpha value is -3.08. The standard InChI is InChI=1S/C17H15ClF3N3O5/c1-3-12(16(26)22-2)29-15-11(24(27)28)5-4-9(14(15)25)13-10(18)6-8(7-23-13)17(19,20)21/h4-7,12,25H,3H2,1-2H3,(H,22,26). The minimum absolute atomic E-state index is 0.125. The second-order valence-electron chi connectivity index (χ2n) is 5.75. The minimum atomic E-state index is -4.68. The van der Waals surface area contributed by atoms with Crippen molar-refractivity contribution in [1.29, 1.82) is 0 Å². The number of nitro groups is 1. The Morgan fingerprint density at radius 2 is 2.10 bits per heavy atom. The highest BCUT2D eigenvalue weighted by molar-refractivity contribution is 6.33. The molecule has 29 heavy (non-hydrogen) atoms. The molecule has 0 saturated carbocycles. The Labute approximate surface area is 167 Å². The van der Waals surface area contributed by atoms with Gasteiger partial charge in [0.25, 0.3) is 5.91 Å². The normalized spacial score (nSPS) is 12.3. The van der Waals surface area contributed by atoms with Crippen LogP contribution in [-0.4, -0.2) is 34.1 Å². The van der Waals surface area contributed by atoms with Crippen LogP contribution in [0.2, 0.25) is 5.02 Å². The molecule has 1 heterocycles. The zero-order valence-electron chi connectivity index (χ0n) is 15.1. The second-order valence-corrected chi connectivity index (χ2v) is 6.16. The predicted molar refractivity (Wildman–Crippen MR) is 96.8 cm³/mol. The molecule has 8 nitrogen and oxygen atoms in total. The number of amides is 1. The SMILES string of the molecule is CCC(Oc1c([N+](=O)[O-])ccc(-c2ncc(C(F)(F)F)cc2Cl)c1O)C(=O)NC. The molecule has 0 aliphatic heterocycles. The Kier molecular flexibility index (Phi) is 6.52. The van der Waals surface area contributed by atoms with Crippen LogP contribution < -0.4 is 10.1 Å². The number of phenolic OH excluding ortho intramolecular Hbond substituents is 1. The van der Waals surface area contributed by atoms with E-state index in [4.69, 9.17) is 16.3 Å². The molecule has 1 atom stereocenters. The van der Waals surface area contributed by atoms with E-state index in [-0.39, 0.29) is 17.7 Å². The number of carbonyl (C=O) groups excluding carboxylic acids is 1. The Balaban J connectivity index is 2.61. The van der Waals surface area contributed by atoms with Crippen molar-refractivity contribution in [2.24, 2.45) is 0 Å². The van der Waals surface area contributed by atoms with Crippen LogP contribution in [-0.2, 0) is 11.0 Å². The number of hydrogen-bond donors (Lipinski definition) is 2. The number of hydrogen-bond acceptors (Lipinski definition) is 6. The Morgan fingerprint density at radius 3 is 2.59 bits per heavy atom. The third kappa shape index (κ3) is 4.67. The summed E-state index contributed by atoms with van der Waals surface area (Å²) in [5.41, 5.74) is -2.19. The molecule has 0 saturated heterocycles. The van der Waals surface area contributed by atoms with E-state index in [2.05, 4.69) is 10.3 Å². The molecule has 0 fully saturated rings. The summed E-state index contributed by atoms with van der Waals surface area (Å²) in [6, 6.07) is 2.66. The molecule has 0 bridgehead atoms. The van der Waals surface area contributed by atoms with Crippen molar-refractivity contribution < 1.29 is 32.7 Å². The lowest BCUT2D eigenvalue weighted by molar-refractivity contribution is -0.386. The van der Waals surface area contributed by atoms with Crippen LogP contribution in [0, 0.1) is 10.1 Å². The summed E-state index contributed by atoms with van der Waals surface area (Å²) in [6.07, 6.45) is -5.19. The lowest BCUT2D eigenvalue weighted by atomic mass is 10.1. The number of pyridine rings is 1. The van der Waals surface area contributed by atoms with Gasteiger partial charge in [0.05, 0.1) is 21.2 Å². The topological polar surface area (TPSA) is 115 Å². The van der Waals surface area contributed by atoms with Crippen molar-refractivity contribution in [1.82, 2.24) is 10.3 Å². The van der Waals surface area contributed by atoms with Gasteiger partial charge in [-0.1, -0.05) is 18.5 Å². The molecule has 1 aromatic heterocycles. The van der Waals surface area contributed by atoms with Crippen molar-refractivity contribution >= 4 is 23.2 Å². The van der Waals surface area contributed by atoms with Gasteiger partial charge in [-0.2, -0.15) is 13.2 Å². The summed E-state index contributed by atoms with van der Waals surface area (Å²) in [5.74, 6) is -1.99. The molecule has 1 amide bonds. The molecular weight excluding hydrogens is 419 g/mol. The van der Waals surface area contributed by atoms with E-state index >= 15 is 0 Å². The number of benzene rings is 1. The third-order valence-electron chi connectivity index (χ3n) is 3.90. The third-order valence-corrected chi connectivity index (χ3v) is 4.19. The monoisotopic (exact) mass is 433 g/mol. The first-order valence-electron chi connectivity index (χ1n) is 8.12. The van der Waals surface area contributed by atoms with Crippen LogP contribution >= 0.6 is 11.6 Å². The highest BCUT2D eigenvalue weighted by atomic mass is 35.5. The lowest BCUT2D eigenvalue weighted by Gasteiger charge is -2.18. The maximum atomic E-state index is 12.8. The summed E-state index contributed by atoms with van der Waals surface area (Å²) < 4.78 is 43.8. The van der Waals surface area contributed by atoms with Crippen LogP contribution in [0.1, 0.15) is 18.9 Å². The minimum Gasteiger partial charge on any atom is -0.504 e. The van der Waals surface area contributed by atoms with Gasteiger partial charge < -0.3 is 15.2 Å². The number of nitrogens with zero attached hydrogens (tertiary/aromatic N) is 2. The molecule has 156 valence electrons. The fourth-order valence-corrected chi connectivity index (χ4v) is 2.70. The molecule has 0 radical (unpaired) electrons. The van der Waals surface area contributed by atoms with E-state index in [0.717, 1.165) is 12.1 Å². The molecule has 0 spiro atoms. The van der Waals surface area contributed by atoms with Crippen LogP contribution in [0.25, 0.3) is 11.3 Å². The molecule has 2 rings (SSSR count). The van der Waals surface area contributed by atoms with Gasteiger partial charge in [-0.05, 0) is 18.6 Å². The number of phenols is 1. The summed E-state index contributed by atoms with van der Waals surface area (Å²) in [6.45, 7) is 1.58. The summed E-state index contributed by atoms with van der Waals surface area (Å²) in [5, 5.41) is 23.7. The number of ether oxygens (including phenoxy) is 1. The Morgan fingerprint density at radius 1 is 1.45 bits per heavy atom. The molecule has 12 heteroatoms. The molecule has 1 aromatic carbocycles. The number of likely N-dealkylation sites (N-methyl/N-ethyl adjacent to an activating group) is 1. The smallest absolute Gasteiger partial charge is 0.417 e. The summed E-state index contributed by atoms with van der Waals surface area (Å²) in [7, 11) is 1.34. The van der Waals surface area contributed by atoms with E-state index in [1.54, 1.807) is 6.92 Å². The number of halogens is 4. The fourth-order valence-electron chi connectivity index (χ4n) is 2.43. The van der Waals surface area contributed by atoms with Crippen molar-refractivity contribution in [2.75, 3.05) is 7.05 Å². The summed E-state index contributed by atoms with van der Waals surface area (Å²) >= 11 is 5.89. The number of alkyl halides is 3. The molecular formula is C17H15ClF3N3O5. The zero-order chi connectivity index (χ0) is 21.9. The average Bonchev–Trinajstić information content (AvgIpc) is 2.65. The second kappa shape index (κ2) is 8.52. The van der Waals surface area contributed by atoms with Crippen LogP contribution in [0.15, 0.2) is 24.4 Å². The van der Waals surface area contributed by atoms with Gasteiger partial charge in [0, 0.05) is 24.9 Å². The van der Waals surface area contributed by atoms with Crippen LogP contribution in [0.4, 0.5) is 18.9 Å². The van der Waals surface area contributed by atoms with Crippen LogP contribution in [0.3, 0.4) is 0 Å². The molecule has 2 N–H and O–H groups in total. The number of nitro benzene ring substituents is 1. The molecule has 2 aromatic rings. The average molecular weight is 434 g/mol. The highest BCUT2D eigenvalue weighted by Gasteiger charge is 2.33. The molecule has 1 unspecified atom stereocenters. The van der Waals surface area contributed by atoms with E-state index in [1.807, 2.05) is 0 Å². The van der Waals surface area contributed by atoms with Gasteiger partial charge in [-0.25, -0.2) is 0 Å². The van der Waals surface area contributed by atoms with Crippen LogP contribution in [0.5, 0.6) is 11.5 Å². The van der Waals surface area contributed by atoms with E-state index < -0.39 is 50.9 Å². The number of aromatic nitrogens is 1. The van der Waals surface area contributed by atoms with Gasteiger partial charge in [-0.3, -0.25) is 19.9 Å². The maximum Gasteiger partial charge on any atom is 0.417 e. The predicted octanol–water partition coefficient (Wildman–Crippen LogP) is 3.94. The molecule has 0 aliphatic carbocycles. The number of aromatic hydroxyl groups is 1.